The molecule has 0 spiro atoms. The molecule has 0 aromatic rings. The number of rotatable bonds is 3. The number of ether oxygens (including phenoxy) is 1. The van der Waals surface area contributed by atoms with E-state index in [1.807, 2.05) is 4.90 Å². The highest BCUT2D eigenvalue weighted by Crippen LogP contribution is 2.12. The molecule has 0 radical (unpaired) electrons. The fraction of sp³-hybridized carbons (Fsp3) is 0.615. The van der Waals surface area contributed by atoms with Gasteiger partial charge in [0.05, 0.1) is 7.11 Å². The number of methoxy groups -OCH3 is 1. The summed E-state index contributed by atoms with van der Waals surface area (Å²) in [5, 5.41) is 6.43. The van der Waals surface area contributed by atoms with Gasteiger partial charge in [-0.3, -0.25) is 9.79 Å². The lowest BCUT2D eigenvalue weighted by Gasteiger charge is -2.33. The normalized spacial score (nSPS) is 19.6. The van der Waals surface area contributed by atoms with E-state index in [1.165, 1.54) is 7.11 Å². The molecule has 0 aromatic heterocycles. The number of likely N-dealkylation sites (tertiary alicyclic amines) is 1. The molecule has 1 saturated heterocycles. The van der Waals surface area contributed by atoms with Gasteiger partial charge in [-0.2, -0.15) is 0 Å². The summed E-state index contributed by atoms with van der Waals surface area (Å²) in [4.78, 5) is 28.6. The predicted octanol–water partition coefficient (Wildman–Crippen LogP) is -0.397. The van der Waals surface area contributed by atoms with E-state index in [0.717, 1.165) is 31.8 Å². The summed E-state index contributed by atoms with van der Waals surface area (Å²) < 4.78 is 4.65. The highest BCUT2D eigenvalue weighted by Gasteiger charge is 2.22. The molecule has 0 aliphatic carbocycles. The summed E-state index contributed by atoms with van der Waals surface area (Å²) in [6, 6.07) is 0.293. The molecular weight excluding hydrogens is 260 g/mol. The van der Waals surface area contributed by atoms with E-state index in [4.69, 9.17) is 0 Å². The zero-order valence-electron chi connectivity index (χ0n) is 11.8. The standard InChI is InChI=1S/C13H20N4O3/c1-9(18)17-5-3-10(4-6-17)16-12-7-11(13(19)20-2)14-8-15-12/h7,10,15-16H,3-6,8H2,1-2H3. The van der Waals surface area contributed by atoms with E-state index >= 15 is 0 Å². The molecule has 0 saturated carbocycles. The van der Waals surface area contributed by atoms with E-state index in [9.17, 15) is 9.59 Å². The van der Waals surface area contributed by atoms with Gasteiger partial charge < -0.3 is 20.3 Å². The number of nitrogens with one attached hydrogen (secondary N) is 2. The molecule has 1 amide bonds. The van der Waals surface area contributed by atoms with Crippen molar-refractivity contribution >= 4 is 17.6 Å². The fourth-order valence-corrected chi connectivity index (χ4v) is 2.32. The molecular formula is C13H20N4O3. The van der Waals surface area contributed by atoms with Crippen LogP contribution in [0, 0.1) is 0 Å². The zero-order valence-corrected chi connectivity index (χ0v) is 11.8. The Morgan fingerprint density at radius 2 is 2.15 bits per heavy atom. The first-order valence-corrected chi connectivity index (χ1v) is 6.70. The van der Waals surface area contributed by atoms with Crippen LogP contribution in [0.3, 0.4) is 0 Å². The van der Waals surface area contributed by atoms with Crippen molar-refractivity contribution in [3.05, 3.63) is 11.9 Å². The second-order valence-corrected chi connectivity index (χ2v) is 4.85. The molecule has 0 atom stereocenters. The van der Waals surface area contributed by atoms with Crippen molar-refractivity contribution in [3.63, 3.8) is 0 Å². The molecule has 2 aliphatic heterocycles. The molecule has 0 unspecified atom stereocenters. The van der Waals surface area contributed by atoms with Crippen molar-refractivity contribution in [2.24, 2.45) is 4.99 Å². The lowest BCUT2D eigenvalue weighted by Crippen LogP contribution is -2.46. The Labute approximate surface area is 118 Å². The Bertz CT molecular complexity index is 451. The molecule has 2 N–H and O–H groups in total. The molecule has 7 heteroatoms. The minimum Gasteiger partial charge on any atom is -0.464 e. The highest BCUT2D eigenvalue weighted by atomic mass is 16.5. The maximum atomic E-state index is 11.4. The lowest BCUT2D eigenvalue weighted by atomic mass is 10.0. The number of amides is 1. The van der Waals surface area contributed by atoms with Crippen molar-refractivity contribution in [1.29, 1.82) is 0 Å². The second kappa shape index (κ2) is 6.40. The van der Waals surface area contributed by atoms with Crippen LogP contribution in [-0.4, -0.2) is 55.4 Å². The van der Waals surface area contributed by atoms with Crippen LogP contribution in [0.25, 0.3) is 0 Å². The number of aliphatic imine (C=N–C) groups is 1. The van der Waals surface area contributed by atoms with E-state index in [-0.39, 0.29) is 5.91 Å². The van der Waals surface area contributed by atoms with Crippen LogP contribution in [0.1, 0.15) is 19.8 Å². The molecule has 20 heavy (non-hydrogen) atoms. The minimum atomic E-state index is -0.433. The monoisotopic (exact) mass is 280 g/mol. The maximum absolute atomic E-state index is 11.4. The number of esters is 1. The summed E-state index contributed by atoms with van der Waals surface area (Å²) in [6.45, 7) is 3.48. The first-order valence-electron chi connectivity index (χ1n) is 6.70. The van der Waals surface area contributed by atoms with Gasteiger partial charge in [0.15, 0.2) is 0 Å². The van der Waals surface area contributed by atoms with Crippen molar-refractivity contribution in [3.8, 4) is 0 Å². The average molecular weight is 280 g/mol. The summed E-state index contributed by atoms with van der Waals surface area (Å²) >= 11 is 0. The first kappa shape index (κ1) is 14.4. The van der Waals surface area contributed by atoms with Crippen molar-refractivity contribution in [1.82, 2.24) is 15.5 Å². The van der Waals surface area contributed by atoms with Crippen LogP contribution in [0.4, 0.5) is 0 Å². The Balaban J connectivity index is 1.88. The van der Waals surface area contributed by atoms with Gasteiger partial charge in [0.2, 0.25) is 5.91 Å². The minimum absolute atomic E-state index is 0.124. The second-order valence-electron chi connectivity index (χ2n) is 4.85. The summed E-state index contributed by atoms with van der Waals surface area (Å²) in [5.41, 5.74) is 0.315. The molecule has 2 aliphatic rings. The van der Waals surface area contributed by atoms with Gasteiger partial charge in [-0.25, -0.2) is 4.79 Å². The molecule has 2 heterocycles. The van der Waals surface area contributed by atoms with Gasteiger partial charge in [-0.05, 0) is 12.8 Å². The molecule has 110 valence electrons. The van der Waals surface area contributed by atoms with Gasteiger partial charge in [0.1, 0.15) is 18.2 Å². The van der Waals surface area contributed by atoms with Gasteiger partial charge in [-0.15, -0.1) is 0 Å². The third kappa shape index (κ3) is 3.49. The molecule has 1 fully saturated rings. The number of carbonyl (C=O) groups is 2. The Morgan fingerprint density at radius 3 is 2.75 bits per heavy atom. The molecule has 0 aromatic carbocycles. The Morgan fingerprint density at radius 1 is 1.45 bits per heavy atom. The van der Waals surface area contributed by atoms with Crippen LogP contribution in [0.2, 0.25) is 0 Å². The summed E-state index contributed by atoms with van der Waals surface area (Å²) in [6.07, 6.45) is 3.44. The largest absolute Gasteiger partial charge is 0.464 e. The quantitative estimate of drug-likeness (QED) is 0.688. The number of hydrogen-bond donors (Lipinski definition) is 2. The molecule has 0 bridgehead atoms. The van der Waals surface area contributed by atoms with Gasteiger partial charge in [0, 0.05) is 32.1 Å². The van der Waals surface area contributed by atoms with Crippen LogP contribution in [0.15, 0.2) is 16.9 Å². The third-order valence-corrected chi connectivity index (χ3v) is 3.49. The van der Waals surface area contributed by atoms with Crippen molar-refractivity contribution < 1.29 is 14.3 Å². The van der Waals surface area contributed by atoms with Crippen LogP contribution in [-0.2, 0) is 14.3 Å². The number of piperidine rings is 1. The van der Waals surface area contributed by atoms with Gasteiger partial charge >= 0.3 is 5.97 Å². The van der Waals surface area contributed by atoms with Crippen LogP contribution in [0.5, 0.6) is 0 Å². The number of nitrogens with zero attached hydrogens (tertiary/aromatic N) is 2. The Hall–Kier alpha value is -2.05. The van der Waals surface area contributed by atoms with Crippen molar-refractivity contribution in [2.75, 3.05) is 26.9 Å². The zero-order chi connectivity index (χ0) is 14.5. The topological polar surface area (TPSA) is 83.0 Å². The highest BCUT2D eigenvalue weighted by molar-refractivity contribution is 6.41. The predicted molar refractivity (Wildman–Crippen MR) is 73.9 cm³/mol. The Kier molecular flexibility index (Phi) is 4.60. The maximum Gasteiger partial charge on any atom is 0.356 e. The lowest BCUT2D eigenvalue weighted by molar-refractivity contribution is -0.132. The fourth-order valence-electron chi connectivity index (χ4n) is 2.32. The molecule has 7 nitrogen and oxygen atoms in total. The van der Waals surface area contributed by atoms with E-state index in [2.05, 4.69) is 20.4 Å². The summed E-state index contributed by atoms with van der Waals surface area (Å²) in [7, 11) is 1.34. The van der Waals surface area contributed by atoms with E-state index in [0.29, 0.717) is 18.4 Å². The molecule has 2 rings (SSSR count). The SMILES string of the molecule is COC(=O)C1=NCNC(NC2CCN(C(C)=O)CC2)=C1. The van der Waals surface area contributed by atoms with E-state index < -0.39 is 5.97 Å². The van der Waals surface area contributed by atoms with Gasteiger partial charge in [0.25, 0.3) is 0 Å². The smallest absolute Gasteiger partial charge is 0.356 e. The van der Waals surface area contributed by atoms with Crippen LogP contribution >= 0.6 is 0 Å². The van der Waals surface area contributed by atoms with E-state index in [1.54, 1.807) is 13.0 Å². The summed E-state index contributed by atoms with van der Waals surface area (Å²) in [5.74, 6) is 0.470. The number of hydrogen-bond acceptors (Lipinski definition) is 6. The van der Waals surface area contributed by atoms with Gasteiger partial charge in [-0.1, -0.05) is 0 Å². The van der Waals surface area contributed by atoms with Crippen molar-refractivity contribution in [2.45, 2.75) is 25.8 Å². The third-order valence-electron chi connectivity index (χ3n) is 3.49. The average Bonchev–Trinajstić information content (AvgIpc) is 2.47. The number of carbonyl (C=O) groups excluding carboxylic acids is 2. The van der Waals surface area contributed by atoms with Crippen LogP contribution < -0.4 is 10.6 Å². The first-order chi connectivity index (χ1) is 9.60.